The highest BCUT2D eigenvalue weighted by Gasteiger charge is 2.25. The second-order valence-electron chi connectivity index (χ2n) is 6.90. The number of benzene rings is 1. The van der Waals surface area contributed by atoms with E-state index in [-0.39, 0.29) is 17.7 Å². The molecule has 0 heterocycles. The van der Waals surface area contributed by atoms with Crippen molar-refractivity contribution in [1.82, 2.24) is 5.32 Å². The van der Waals surface area contributed by atoms with E-state index in [0.29, 0.717) is 6.42 Å². The molecule has 1 aliphatic carbocycles. The van der Waals surface area contributed by atoms with Crippen LogP contribution in [0, 0.1) is 11.8 Å². The van der Waals surface area contributed by atoms with Crippen molar-refractivity contribution in [3.8, 4) is 0 Å². The zero-order chi connectivity index (χ0) is 17.4. The minimum absolute atomic E-state index is 0.00776. The van der Waals surface area contributed by atoms with Gasteiger partial charge in [-0.1, -0.05) is 38.3 Å². The fourth-order valence-corrected chi connectivity index (χ4v) is 3.43. The van der Waals surface area contributed by atoms with Gasteiger partial charge in [-0.2, -0.15) is 0 Å². The molecule has 0 saturated heterocycles. The molecule has 2 amide bonds. The van der Waals surface area contributed by atoms with Crippen LogP contribution in [-0.4, -0.2) is 18.9 Å². The van der Waals surface area contributed by atoms with Crippen LogP contribution >= 0.6 is 0 Å². The van der Waals surface area contributed by atoms with Crippen LogP contribution in [0.3, 0.4) is 0 Å². The van der Waals surface area contributed by atoms with Crippen molar-refractivity contribution in [2.24, 2.45) is 11.8 Å². The van der Waals surface area contributed by atoms with Gasteiger partial charge in [0.1, 0.15) is 0 Å². The predicted molar refractivity (Wildman–Crippen MR) is 97.8 cm³/mol. The summed E-state index contributed by atoms with van der Waals surface area (Å²) in [5.41, 5.74) is 1.76. The van der Waals surface area contributed by atoms with E-state index in [0.717, 1.165) is 30.0 Å². The van der Waals surface area contributed by atoms with E-state index >= 15 is 0 Å². The third-order valence-corrected chi connectivity index (χ3v) is 5.05. The van der Waals surface area contributed by atoms with Gasteiger partial charge in [-0.15, -0.1) is 0 Å². The molecule has 0 radical (unpaired) electrons. The van der Waals surface area contributed by atoms with Gasteiger partial charge in [0.05, 0.1) is 6.42 Å². The number of rotatable bonds is 7. The molecule has 1 aromatic rings. The molecule has 0 unspecified atom stereocenters. The molecule has 1 fully saturated rings. The summed E-state index contributed by atoms with van der Waals surface area (Å²) < 4.78 is 0. The minimum atomic E-state index is -0.00776. The molecule has 1 aromatic carbocycles. The first-order chi connectivity index (χ1) is 11.6. The number of anilines is 1. The number of likely N-dealkylation sites (N-methyl/N-ethyl adjacent to an activating group) is 1. The highest BCUT2D eigenvalue weighted by molar-refractivity contribution is 5.92. The second-order valence-corrected chi connectivity index (χ2v) is 6.90. The summed E-state index contributed by atoms with van der Waals surface area (Å²) in [5.74, 6) is 1.10. The molecule has 2 rings (SSSR count). The third kappa shape index (κ3) is 5.66. The molecule has 2 N–H and O–H groups in total. The Kier molecular flexibility index (Phi) is 7.29. The molecule has 0 spiro atoms. The largest absolute Gasteiger partial charge is 0.359 e. The van der Waals surface area contributed by atoms with Crippen molar-refractivity contribution in [2.45, 2.75) is 58.3 Å². The number of carbonyl (C=O) groups excluding carboxylic acids is 2. The smallest absolute Gasteiger partial charge is 0.227 e. The maximum Gasteiger partial charge on any atom is 0.227 e. The monoisotopic (exact) mass is 330 g/mol. The maximum absolute atomic E-state index is 12.4. The zero-order valence-corrected chi connectivity index (χ0v) is 14.9. The van der Waals surface area contributed by atoms with E-state index < -0.39 is 0 Å². The lowest BCUT2D eigenvalue weighted by Crippen LogP contribution is -2.27. The number of carbonyl (C=O) groups is 2. The third-order valence-electron chi connectivity index (χ3n) is 5.05. The molecule has 1 aliphatic rings. The summed E-state index contributed by atoms with van der Waals surface area (Å²) in [6, 6.07) is 7.55. The van der Waals surface area contributed by atoms with Crippen molar-refractivity contribution in [1.29, 1.82) is 0 Å². The topological polar surface area (TPSA) is 58.2 Å². The molecule has 0 aliphatic heterocycles. The lowest BCUT2D eigenvalue weighted by atomic mass is 9.79. The zero-order valence-electron chi connectivity index (χ0n) is 14.9. The Morgan fingerprint density at radius 2 is 1.75 bits per heavy atom. The van der Waals surface area contributed by atoms with E-state index in [4.69, 9.17) is 0 Å². The van der Waals surface area contributed by atoms with Gasteiger partial charge < -0.3 is 10.6 Å². The molecule has 24 heavy (non-hydrogen) atoms. The van der Waals surface area contributed by atoms with Gasteiger partial charge in [0.2, 0.25) is 11.8 Å². The maximum atomic E-state index is 12.4. The summed E-state index contributed by atoms with van der Waals surface area (Å²) in [6.07, 6.45) is 8.64. The molecule has 4 heteroatoms. The van der Waals surface area contributed by atoms with E-state index in [1.165, 1.54) is 32.1 Å². The molecule has 1 saturated carbocycles. The summed E-state index contributed by atoms with van der Waals surface area (Å²) in [4.78, 5) is 23.8. The number of amides is 2. The Balaban J connectivity index is 1.79. The van der Waals surface area contributed by atoms with Crippen molar-refractivity contribution in [3.05, 3.63) is 29.8 Å². The molecule has 0 atom stereocenters. The van der Waals surface area contributed by atoms with Crippen LogP contribution in [0.4, 0.5) is 5.69 Å². The van der Waals surface area contributed by atoms with Crippen LogP contribution in [0.5, 0.6) is 0 Å². The Morgan fingerprint density at radius 1 is 1.08 bits per heavy atom. The number of hydrogen-bond donors (Lipinski definition) is 2. The van der Waals surface area contributed by atoms with E-state index in [1.54, 1.807) is 7.05 Å². The average molecular weight is 330 g/mol. The summed E-state index contributed by atoms with van der Waals surface area (Å²) in [5, 5.41) is 5.64. The van der Waals surface area contributed by atoms with Crippen LogP contribution in [-0.2, 0) is 16.0 Å². The number of hydrogen-bond acceptors (Lipinski definition) is 2. The van der Waals surface area contributed by atoms with Crippen LogP contribution in [0.15, 0.2) is 24.3 Å². The van der Waals surface area contributed by atoms with Crippen LogP contribution in [0.2, 0.25) is 0 Å². The highest BCUT2D eigenvalue weighted by Crippen LogP contribution is 2.32. The SMILES string of the molecule is CCCCC1CCC(C(=O)Nc2ccc(CC(=O)NC)cc2)CC1. The fourth-order valence-electron chi connectivity index (χ4n) is 3.43. The van der Waals surface area contributed by atoms with Crippen molar-refractivity contribution in [3.63, 3.8) is 0 Å². The Morgan fingerprint density at radius 3 is 2.33 bits per heavy atom. The van der Waals surface area contributed by atoms with Gasteiger partial charge in [-0.3, -0.25) is 9.59 Å². The van der Waals surface area contributed by atoms with E-state index in [9.17, 15) is 9.59 Å². The van der Waals surface area contributed by atoms with Crippen molar-refractivity contribution < 1.29 is 9.59 Å². The second kappa shape index (κ2) is 9.45. The Labute approximate surface area is 145 Å². The van der Waals surface area contributed by atoms with Gasteiger partial charge in [-0.25, -0.2) is 0 Å². The van der Waals surface area contributed by atoms with E-state index in [1.807, 2.05) is 24.3 Å². The summed E-state index contributed by atoms with van der Waals surface area (Å²) >= 11 is 0. The van der Waals surface area contributed by atoms with E-state index in [2.05, 4.69) is 17.6 Å². The highest BCUT2D eigenvalue weighted by atomic mass is 16.2. The first-order valence-corrected chi connectivity index (χ1v) is 9.22. The standard InChI is InChI=1S/C20H30N2O2/c1-3-4-5-15-6-10-17(11-7-15)20(24)22-18-12-8-16(9-13-18)14-19(23)21-2/h8-9,12-13,15,17H,3-7,10-11,14H2,1-2H3,(H,21,23)(H,22,24). The fraction of sp³-hybridized carbons (Fsp3) is 0.600. The quantitative estimate of drug-likeness (QED) is 0.796. The molecular formula is C20H30N2O2. The van der Waals surface area contributed by atoms with Gasteiger partial charge in [0.25, 0.3) is 0 Å². The van der Waals surface area contributed by atoms with Crippen LogP contribution in [0.1, 0.15) is 57.4 Å². The number of unbranched alkanes of at least 4 members (excludes halogenated alkanes) is 1. The lowest BCUT2D eigenvalue weighted by molar-refractivity contribution is -0.121. The Hall–Kier alpha value is -1.84. The summed E-state index contributed by atoms with van der Waals surface area (Å²) in [7, 11) is 1.63. The first-order valence-electron chi connectivity index (χ1n) is 9.22. The van der Waals surface area contributed by atoms with Crippen molar-refractivity contribution in [2.75, 3.05) is 12.4 Å². The average Bonchev–Trinajstić information content (AvgIpc) is 2.61. The molecular weight excluding hydrogens is 300 g/mol. The lowest BCUT2D eigenvalue weighted by Gasteiger charge is -2.27. The van der Waals surface area contributed by atoms with Gasteiger partial charge in [0.15, 0.2) is 0 Å². The van der Waals surface area contributed by atoms with Crippen LogP contribution in [0.25, 0.3) is 0 Å². The molecule has 132 valence electrons. The Bertz CT molecular complexity index is 531. The van der Waals surface area contributed by atoms with Gasteiger partial charge in [-0.05, 0) is 49.3 Å². The van der Waals surface area contributed by atoms with Gasteiger partial charge in [0, 0.05) is 18.7 Å². The minimum Gasteiger partial charge on any atom is -0.359 e. The summed E-state index contributed by atoms with van der Waals surface area (Å²) in [6.45, 7) is 2.24. The first kappa shape index (κ1) is 18.5. The van der Waals surface area contributed by atoms with Crippen molar-refractivity contribution >= 4 is 17.5 Å². The molecule has 0 aromatic heterocycles. The number of nitrogens with one attached hydrogen (secondary N) is 2. The normalized spacial score (nSPS) is 20.4. The molecule has 0 bridgehead atoms. The van der Waals surface area contributed by atoms with Gasteiger partial charge >= 0.3 is 0 Å². The van der Waals surface area contributed by atoms with Crippen LogP contribution < -0.4 is 10.6 Å². The molecule has 4 nitrogen and oxygen atoms in total. The predicted octanol–water partition coefficient (Wildman–Crippen LogP) is 3.91.